The van der Waals surface area contributed by atoms with Crippen LogP contribution in [0.1, 0.15) is 17.2 Å². The third kappa shape index (κ3) is 5.79. The van der Waals surface area contributed by atoms with Crippen molar-refractivity contribution in [1.29, 1.82) is 0 Å². The minimum absolute atomic E-state index is 0.186. The van der Waals surface area contributed by atoms with Gasteiger partial charge in [-0.15, -0.1) is 5.10 Å². The molecule has 0 spiro atoms. The van der Waals surface area contributed by atoms with Crippen molar-refractivity contribution in [3.8, 4) is 11.4 Å². The summed E-state index contributed by atoms with van der Waals surface area (Å²) in [6.45, 7) is 6.80. The van der Waals surface area contributed by atoms with Crippen LogP contribution >= 0.6 is 11.6 Å². The summed E-state index contributed by atoms with van der Waals surface area (Å²) < 4.78 is 12.6. The van der Waals surface area contributed by atoms with E-state index < -0.39 is 0 Å². The molecular formula is C26H30ClN5O3. The van der Waals surface area contributed by atoms with Gasteiger partial charge in [0.15, 0.2) is 5.82 Å². The van der Waals surface area contributed by atoms with Gasteiger partial charge in [-0.05, 0) is 11.6 Å². The summed E-state index contributed by atoms with van der Waals surface area (Å²) in [7, 11) is 0. The lowest BCUT2D eigenvalue weighted by Gasteiger charge is -2.31. The number of ether oxygens (including phenoxy) is 2. The summed E-state index contributed by atoms with van der Waals surface area (Å²) in [6, 6.07) is 17.5. The van der Waals surface area contributed by atoms with Crippen molar-refractivity contribution in [3.63, 3.8) is 0 Å². The Balaban J connectivity index is 1.61. The molecule has 1 aromatic heterocycles. The van der Waals surface area contributed by atoms with E-state index in [2.05, 4.69) is 14.9 Å². The molecule has 1 atom stereocenters. The number of benzene rings is 2. The Labute approximate surface area is 210 Å². The molecular weight excluding hydrogens is 466 g/mol. The SMILES string of the molecule is O=c1c(C(CN2CCOCC2)c2ccccc2Cl)nc(-c2ccccc2)nn1CN1CCOCC1. The maximum Gasteiger partial charge on any atom is 0.290 e. The second-order valence-corrected chi connectivity index (χ2v) is 9.26. The van der Waals surface area contributed by atoms with Crippen molar-refractivity contribution in [3.05, 3.63) is 81.2 Å². The lowest BCUT2D eigenvalue weighted by molar-refractivity contribution is 0.0202. The molecule has 0 aliphatic carbocycles. The molecule has 0 saturated carbocycles. The van der Waals surface area contributed by atoms with Crippen LogP contribution in [0.5, 0.6) is 0 Å². The zero-order valence-corrected chi connectivity index (χ0v) is 20.4. The van der Waals surface area contributed by atoms with Crippen LogP contribution in [0.4, 0.5) is 0 Å². The number of rotatable bonds is 7. The van der Waals surface area contributed by atoms with Gasteiger partial charge in [-0.25, -0.2) is 9.67 Å². The third-order valence-electron chi connectivity index (χ3n) is 6.52. The highest BCUT2D eigenvalue weighted by molar-refractivity contribution is 6.31. The van der Waals surface area contributed by atoms with E-state index in [1.807, 2.05) is 54.6 Å². The van der Waals surface area contributed by atoms with Crippen LogP contribution in [0, 0.1) is 0 Å². The maximum absolute atomic E-state index is 13.9. The molecule has 3 heterocycles. The third-order valence-corrected chi connectivity index (χ3v) is 6.86. The topological polar surface area (TPSA) is 72.7 Å². The number of aromatic nitrogens is 3. The Morgan fingerprint density at radius 1 is 0.857 bits per heavy atom. The first-order valence-corrected chi connectivity index (χ1v) is 12.5. The van der Waals surface area contributed by atoms with Crippen molar-refractivity contribution in [2.75, 3.05) is 59.2 Å². The fourth-order valence-corrected chi connectivity index (χ4v) is 4.84. The molecule has 2 aliphatic rings. The van der Waals surface area contributed by atoms with Gasteiger partial charge in [0.05, 0.1) is 33.1 Å². The highest BCUT2D eigenvalue weighted by Gasteiger charge is 2.28. The summed E-state index contributed by atoms with van der Waals surface area (Å²) >= 11 is 6.67. The lowest BCUT2D eigenvalue weighted by atomic mass is 9.94. The highest BCUT2D eigenvalue weighted by Crippen LogP contribution is 2.30. The van der Waals surface area contributed by atoms with Crippen molar-refractivity contribution in [1.82, 2.24) is 24.6 Å². The van der Waals surface area contributed by atoms with Crippen LogP contribution in [-0.4, -0.2) is 83.7 Å². The van der Waals surface area contributed by atoms with E-state index in [0.717, 1.165) is 37.3 Å². The first-order valence-electron chi connectivity index (χ1n) is 12.1. The molecule has 0 amide bonds. The van der Waals surface area contributed by atoms with Gasteiger partial charge in [-0.2, -0.15) is 0 Å². The molecule has 1 unspecified atom stereocenters. The van der Waals surface area contributed by atoms with Gasteiger partial charge in [0.25, 0.3) is 5.56 Å². The molecule has 9 heteroatoms. The minimum atomic E-state index is -0.296. The minimum Gasteiger partial charge on any atom is -0.379 e. The molecule has 3 aromatic rings. The molecule has 5 rings (SSSR count). The summed E-state index contributed by atoms with van der Waals surface area (Å²) in [5.74, 6) is 0.239. The molecule has 2 aliphatic heterocycles. The quantitative estimate of drug-likeness (QED) is 0.499. The average Bonchev–Trinajstić information content (AvgIpc) is 2.91. The van der Waals surface area contributed by atoms with Crippen LogP contribution in [-0.2, 0) is 16.1 Å². The van der Waals surface area contributed by atoms with Crippen molar-refractivity contribution >= 4 is 11.6 Å². The molecule has 35 heavy (non-hydrogen) atoms. The second kappa shape index (κ2) is 11.4. The lowest BCUT2D eigenvalue weighted by Crippen LogP contribution is -2.43. The van der Waals surface area contributed by atoms with Crippen molar-refractivity contribution < 1.29 is 9.47 Å². The van der Waals surface area contributed by atoms with E-state index in [1.54, 1.807) is 4.68 Å². The molecule has 0 N–H and O–H groups in total. The Kier molecular flexibility index (Phi) is 7.85. The number of hydrogen-bond acceptors (Lipinski definition) is 7. The fourth-order valence-electron chi connectivity index (χ4n) is 4.57. The Bertz CT molecular complexity index is 1180. The van der Waals surface area contributed by atoms with Crippen LogP contribution < -0.4 is 5.56 Å². The van der Waals surface area contributed by atoms with Crippen molar-refractivity contribution in [2.24, 2.45) is 0 Å². The Hall–Kier alpha value is -2.62. The molecule has 2 saturated heterocycles. The van der Waals surface area contributed by atoms with Crippen LogP contribution in [0.15, 0.2) is 59.4 Å². The molecule has 0 radical (unpaired) electrons. The molecule has 0 bridgehead atoms. The van der Waals surface area contributed by atoms with Crippen LogP contribution in [0.25, 0.3) is 11.4 Å². The second-order valence-electron chi connectivity index (χ2n) is 8.85. The van der Waals surface area contributed by atoms with Crippen LogP contribution in [0.2, 0.25) is 5.02 Å². The number of hydrogen-bond donors (Lipinski definition) is 0. The van der Waals surface area contributed by atoms with Gasteiger partial charge < -0.3 is 9.47 Å². The van der Waals surface area contributed by atoms with E-state index >= 15 is 0 Å². The largest absolute Gasteiger partial charge is 0.379 e. The van der Waals surface area contributed by atoms with Gasteiger partial charge in [0.2, 0.25) is 0 Å². The van der Waals surface area contributed by atoms with Gasteiger partial charge in [-0.1, -0.05) is 60.1 Å². The van der Waals surface area contributed by atoms with Gasteiger partial charge in [-0.3, -0.25) is 14.6 Å². The Morgan fingerprint density at radius 3 is 2.17 bits per heavy atom. The van der Waals surface area contributed by atoms with E-state index in [9.17, 15) is 4.79 Å². The number of morpholine rings is 2. The highest BCUT2D eigenvalue weighted by atomic mass is 35.5. The first kappa shape index (κ1) is 24.1. The van der Waals surface area contributed by atoms with E-state index in [0.29, 0.717) is 56.2 Å². The van der Waals surface area contributed by atoms with E-state index in [-0.39, 0.29) is 11.5 Å². The van der Waals surface area contributed by atoms with Crippen molar-refractivity contribution in [2.45, 2.75) is 12.6 Å². The normalized spacial score (nSPS) is 18.4. The molecule has 184 valence electrons. The predicted octanol–water partition coefficient (Wildman–Crippen LogP) is 2.71. The molecule has 2 fully saturated rings. The standard InChI is InChI=1S/C26H30ClN5O3/c27-23-9-5-4-8-21(23)22(18-30-10-14-34-15-11-30)24-26(33)32(19-31-12-16-35-17-13-31)29-25(28-24)20-6-2-1-3-7-20/h1-9,22H,10-19H2. The zero-order valence-electron chi connectivity index (χ0n) is 19.7. The predicted molar refractivity (Wildman–Crippen MR) is 135 cm³/mol. The zero-order chi connectivity index (χ0) is 24.0. The summed E-state index contributed by atoms with van der Waals surface area (Å²) in [6.07, 6.45) is 0. The summed E-state index contributed by atoms with van der Waals surface area (Å²) in [5, 5.41) is 5.32. The van der Waals surface area contributed by atoms with Gasteiger partial charge >= 0.3 is 0 Å². The van der Waals surface area contributed by atoms with Gasteiger partial charge in [0.1, 0.15) is 5.69 Å². The monoisotopic (exact) mass is 495 g/mol. The maximum atomic E-state index is 13.9. The average molecular weight is 496 g/mol. The molecule has 2 aromatic carbocycles. The first-order chi connectivity index (χ1) is 17.2. The summed E-state index contributed by atoms with van der Waals surface area (Å²) in [5.41, 5.74) is 2.04. The van der Waals surface area contributed by atoms with E-state index in [1.165, 1.54) is 0 Å². The number of halogens is 1. The van der Waals surface area contributed by atoms with Gasteiger partial charge in [0, 0.05) is 49.2 Å². The smallest absolute Gasteiger partial charge is 0.290 e. The summed E-state index contributed by atoms with van der Waals surface area (Å²) in [4.78, 5) is 23.3. The molecule has 8 nitrogen and oxygen atoms in total. The Morgan fingerprint density at radius 2 is 1.49 bits per heavy atom. The van der Waals surface area contributed by atoms with E-state index in [4.69, 9.17) is 26.1 Å². The van der Waals surface area contributed by atoms with Crippen LogP contribution in [0.3, 0.4) is 0 Å². The number of nitrogens with zero attached hydrogens (tertiary/aromatic N) is 5. The fraction of sp³-hybridized carbons (Fsp3) is 0.423.